The van der Waals surface area contributed by atoms with Gasteiger partial charge in [0.25, 0.3) is 0 Å². The summed E-state index contributed by atoms with van der Waals surface area (Å²) in [7, 11) is 1.78. The maximum absolute atomic E-state index is 12.4. The molecule has 1 aromatic rings. The molecule has 7 heteroatoms. The highest BCUT2D eigenvalue weighted by Crippen LogP contribution is 2.28. The van der Waals surface area contributed by atoms with Crippen LogP contribution in [0, 0.1) is 6.92 Å². The average molecular weight is 320 g/mol. The predicted molar refractivity (Wildman–Crippen MR) is 84.0 cm³/mol. The molecule has 2 saturated heterocycles. The summed E-state index contributed by atoms with van der Waals surface area (Å²) >= 11 is 0. The maximum atomic E-state index is 12.4. The number of likely N-dealkylation sites (N-methyl/N-ethyl adjacent to an activating group) is 1. The number of piperidine rings is 2. The summed E-state index contributed by atoms with van der Waals surface area (Å²) in [5.41, 5.74) is 0.899. The Morgan fingerprint density at radius 2 is 2.09 bits per heavy atom. The fourth-order valence-electron chi connectivity index (χ4n) is 3.34. The Hall–Kier alpha value is -2.05. The van der Waals surface area contributed by atoms with Gasteiger partial charge in [-0.3, -0.25) is 4.79 Å². The molecule has 2 aliphatic rings. The molecule has 23 heavy (non-hydrogen) atoms. The first-order valence-corrected chi connectivity index (χ1v) is 8.25. The number of hydrogen-bond acceptors (Lipinski definition) is 4. The number of carbonyl (C=O) groups excluding carboxylic acids is 2. The molecule has 1 aromatic heterocycles. The van der Waals surface area contributed by atoms with Crippen molar-refractivity contribution in [3.05, 3.63) is 17.5 Å². The van der Waals surface area contributed by atoms with E-state index in [0.717, 1.165) is 43.8 Å². The summed E-state index contributed by atoms with van der Waals surface area (Å²) in [5, 5.41) is 6.99. The van der Waals surface area contributed by atoms with E-state index in [0.29, 0.717) is 18.9 Å². The van der Waals surface area contributed by atoms with Gasteiger partial charge in [-0.05, 0) is 26.2 Å². The third kappa shape index (κ3) is 3.65. The standard InChI is InChI=1S/C16H24N4O3/c1-11-9-14(23-18-11)12-5-7-20(8-6-12)16(22)17-13-3-4-15(21)19(2)10-13/h9,12-13H,3-8,10H2,1-2H3,(H,17,22). The van der Waals surface area contributed by atoms with E-state index < -0.39 is 0 Å². The van der Waals surface area contributed by atoms with Crippen molar-refractivity contribution in [1.29, 1.82) is 0 Å². The SMILES string of the molecule is Cc1cc(C2CCN(C(=O)NC3CCC(=O)N(C)C3)CC2)on1. The van der Waals surface area contributed by atoms with Gasteiger partial charge < -0.3 is 19.6 Å². The van der Waals surface area contributed by atoms with Crippen molar-refractivity contribution in [1.82, 2.24) is 20.3 Å². The Morgan fingerprint density at radius 1 is 1.35 bits per heavy atom. The molecule has 0 bridgehead atoms. The molecule has 1 N–H and O–H groups in total. The molecule has 1 atom stereocenters. The highest BCUT2D eigenvalue weighted by atomic mass is 16.5. The third-order valence-corrected chi connectivity index (χ3v) is 4.78. The first kappa shape index (κ1) is 15.8. The Morgan fingerprint density at radius 3 is 2.70 bits per heavy atom. The zero-order valence-corrected chi connectivity index (χ0v) is 13.7. The van der Waals surface area contributed by atoms with Crippen molar-refractivity contribution in [3.63, 3.8) is 0 Å². The van der Waals surface area contributed by atoms with Crippen LogP contribution in [0.15, 0.2) is 10.6 Å². The Kier molecular flexibility index (Phi) is 4.54. The molecule has 0 saturated carbocycles. The average Bonchev–Trinajstić information content (AvgIpc) is 2.97. The molecule has 2 fully saturated rings. The van der Waals surface area contributed by atoms with Gasteiger partial charge in [-0.2, -0.15) is 0 Å². The molecule has 3 amide bonds. The van der Waals surface area contributed by atoms with Crippen LogP contribution in [0.3, 0.4) is 0 Å². The van der Waals surface area contributed by atoms with Crippen molar-refractivity contribution in [2.24, 2.45) is 0 Å². The minimum atomic E-state index is -0.0232. The first-order chi connectivity index (χ1) is 11.0. The number of urea groups is 1. The van der Waals surface area contributed by atoms with Gasteiger partial charge in [-0.25, -0.2) is 4.79 Å². The van der Waals surface area contributed by atoms with Crippen molar-refractivity contribution >= 4 is 11.9 Å². The van der Waals surface area contributed by atoms with E-state index in [1.807, 2.05) is 17.9 Å². The molecule has 0 spiro atoms. The van der Waals surface area contributed by atoms with Crippen LogP contribution in [0.4, 0.5) is 4.79 Å². The largest absolute Gasteiger partial charge is 0.361 e. The molecule has 126 valence electrons. The molecule has 0 aromatic carbocycles. The zero-order valence-electron chi connectivity index (χ0n) is 13.7. The number of nitrogens with one attached hydrogen (secondary N) is 1. The molecule has 3 heterocycles. The van der Waals surface area contributed by atoms with E-state index in [9.17, 15) is 9.59 Å². The fraction of sp³-hybridized carbons (Fsp3) is 0.688. The van der Waals surface area contributed by atoms with Crippen LogP contribution in [0.2, 0.25) is 0 Å². The molecule has 0 aliphatic carbocycles. The van der Waals surface area contributed by atoms with E-state index in [4.69, 9.17) is 4.52 Å². The van der Waals surface area contributed by atoms with Gasteiger partial charge in [0.1, 0.15) is 5.76 Å². The van der Waals surface area contributed by atoms with Crippen LogP contribution < -0.4 is 5.32 Å². The van der Waals surface area contributed by atoms with Gasteiger partial charge >= 0.3 is 6.03 Å². The minimum Gasteiger partial charge on any atom is -0.361 e. The summed E-state index contributed by atoms with van der Waals surface area (Å²) < 4.78 is 5.34. The zero-order chi connectivity index (χ0) is 16.4. The Balaban J connectivity index is 1.47. The second-order valence-corrected chi connectivity index (χ2v) is 6.59. The first-order valence-electron chi connectivity index (χ1n) is 8.25. The number of rotatable bonds is 2. The van der Waals surface area contributed by atoms with Gasteiger partial charge in [0, 0.05) is 51.1 Å². The highest BCUT2D eigenvalue weighted by molar-refractivity contribution is 5.78. The second kappa shape index (κ2) is 6.60. The number of hydrogen-bond donors (Lipinski definition) is 1. The lowest BCUT2D eigenvalue weighted by molar-refractivity contribution is -0.132. The summed E-state index contributed by atoms with van der Waals surface area (Å²) in [5.74, 6) is 1.42. The van der Waals surface area contributed by atoms with E-state index >= 15 is 0 Å². The normalized spacial score (nSPS) is 23.2. The lowest BCUT2D eigenvalue weighted by Gasteiger charge is -2.34. The van der Waals surface area contributed by atoms with Crippen LogP contribution in [-0.2, 0) is 4.79 Å². The smallest absolute Gasteiger partial charge is 0.317 e. The minimum absolute atomic E-state index is 0.0232. The topological polar surface area (TPSA) is 78.7 Å². The van der Waals surface area contributed by atoms with Gasteiger partial charge in [0.2, 0.25) is 5.91 Å². The van der Waals surface area contributed by atoms with Crippen LogP contribution in [0.25, 0.3) is 0 Å². The summed E-state index contributed by atoms with van der Waals surface area (Å²) in [4.78, 5) is 27.4. The quantitative estimate of drug-likeness (QED) is 0.895. The van der Waals surface area contributed by atoms with Crippen LogP contribution in [0.1, 0.15) is 43.1 Å². The Bertz CT molecular complexity index is 578. The number of aryl methyl sites for hydroxylation is 1. The fourth-order valence-corrected chi connectivity index (χ4v) is 3.34. The predicted octanol–water partition coefficient (Wildman–Crippen LogP) is 1.49. The molecule has 1 unspecified atom stereocenters. The van der Waals surface area contributed by atoms with Crippen molar-refractivity contribution in [2.75, 3.05) is 26.7 Å². The summed E-state index contributed by atoms with van der Waals surface area (Å²) in [6.07, 6.45) is 3.02. The molecule has 7 nitrogen and oxygen atoms in total. The maximum Gasteiger partial charge on any atom is 0.317 e. The highest BCUT2D eigenvalue weighted by Gasteiger charge is 2.29. The number of nitrogens with zero attached hydrogens (tertiary/aromatic N) is 3. The molecular weight excluding hydrogens is 296 g/mol. The molecule has 2 aliphatic heterocycles. The van der Waals surface area contributed by atoms with Crippen LogP contribution in [-0.4, -0.2) is 59.6 Å². The van der Waals surface area contributed by atoms with Gasteiger partial charge in [0.15, 0.2) is 0 Å². The van der Waals surface area contributed by atoms with Gasteiger partial charge in [-0.1, -0.05) is 5.16 Å². The monoisotopic (exact) mass is 320 g/mol. The second-order valence-electron chi connectivity index (χ2n) is 6.59. The molecule has 0 radical (unpaired) electrons. The Labute approximate surface area is 136 Å². The van der Waals surface area contributed by atoms with Crippen molar-refractivity contribution < 1.29 is 14.1 Å². The third-order valence-electron chi connectivity index (χ3n) is 4.78. The van der Waals surface area contributed by atoms with Gasteiger partial charge in [-0.15, -0.1) is 0 Å². The number of likely N-dealkylation sites (tertiary alicyclic amines) is 2. The van der Waals surface area contributed by atoms with Crippen molar-refractivity contribution in [2.45, 2.75) is 44.6 Å². The lowest BCUT2D eigenvalue weighted by Crippen LogP contribution is -2.53. The lowest BCUT2D eigenvalue weighted by atomic mass is 9.94. The molecule has 3 rings (SSSR count). The van der Waals surface area contributed by atoms with E-state index in [1.54, 1.807) is 11.9 Å². The summed E-state index contributed by atoms with van der Waals surface area (Å²) in [6.45, 7) is 3.95. The molecular formula is C16H24N4O3. The van der Waals surface area contributed by atoms with Crippen LogP contribution >= 0.6 is 0 Å². The number of aromatic nitrogens is 1. The number of carbonyl (C=O) groups is 2. The number of amides is 3. The van der Waals surface area contributed by atoms with Crippen molar-refractivity contribution in [3.8, 4) is 0 Å². The van der Waals surface area contributed by atoms with E-state index in [1.165, 1.54) is 0 Å². The van der Waals surface area contributed by atoms with E-state index in [2.05, 4.69) is 10.5 Å². The van der Waals surface area contributed by atoms with Gasteiger partial charge in [0.05, 0.1) is 5.69 Å². The summed E-state index contributed by atoms with van der Waals surface area (Å²) in [6, 6.07) is 2.01. The van der Waals surface area contributed by atoms with Crippen LogP contribution in [0.5, 0.6) is 0 Å². The van der Waals surface area contributed by atoms with E-state index in [-0.39, 0.29) is 18.0 Å².